The minimum absolute atomic E-state index is 0.151. The minimum Gasteiger partial charge on any atom is -0.508 e. The lowest BCUT2D eigenvalue weighted by atomic mass is 10.1. The zero-order chi connectivity index (χ0) is 12.3. The van der Waals surface area contributed by atoms with Gasteiger partial charge in [-0.15, -0.1) is 0 Å². The fourth-order valence-electron chi connectivity index (χ4n) is 1.49. The largest absolute Gasteiger partial charge is 0.508 e. The van der Waals surface area contributed by atoms with E-state index in [-0.39, 0.29) is 5.75 Å². The van der Waals surface area contributed by atoms with Crippen molar-refractivity contribution in [2.75, 3.05) is 0 Å². The number of rotatable bonds is 2. The molecule has 2 aromatic carbocycles. The monoisotopic (exact) mass is 232 g/mol. The first-order chi connectivity index (χ1) is 8.13. The molecule has 2 rings (SSSR count). The van der Waals surface area contributed by atoms with Crippen LogP contribution in [-0.4, -0.2) is 5.11 Å². The summed E-state index contributed by atoms with van der Waals surface area (Å²) in [5.41, 5.74) is 1.19. The summed E-state index contributed by atoms with van der Waals surface area (Å²) in [5, 5.41) is 9.24. The van der Waals surface area contributed by atoms with Crippen molar-refractivity contribution in [2.24, 2.45) is 0 Å². The van der Waals surface area contributed by atoms with Crippen molar-refractivity contribution in [3.8, 4) is 5.75 Å². The predicted molar refractivity (Wildman–Crippen MR) is 63.4 cm³/mol. The molecule has 0 bridgehead atoms. The van der Waals surface area contributed by atoms with Crippen LogP contribution >= 0.6 is 0 Å². The third-order valence-corrected chi connectivity index (χ3v) is 2.22. The van der Waals surface area contributed by atoms with E-state index in [0.717, 1.165) is 11.6 Å². The van der Waals surface area contributed by atoms with Crippen molar-refractivity contribution in [2.45, 2.75) is 0 Å². The van der Waals surface area contributed by atoms with Gasteiger partial charge in [-0.1, -0.05) is 24.3 Å². The number of benzene rings is 2. The summed E-state index contributed by atoms with van der Waals surface area (Å²) in [6, 6.07) is 9.90. The lowest BCUT2D eigenvalue weighted by Crippen LogP contribution is -1.81. The average Bonchev–Trinajstić information content (AvgIpc) is 2.25. The summed E-state index contributed by atoms with van der Waals surface area (Å²) >= 11 is 0. The lowest BCUT2D eigenvalue weighted by molar-refractivity contribution is 0.475. The van der Waals surface area contributed by atoms with Gasteiger partial charge in [0.1, 0.15) is 17.4 Å². The van der Waals surface area contributed by atoms with Crippen LogP contribution in [0.2, 0.25) is 0 Å². The molecular weight excluding hydrogens is 222 g/mol. The van der Waals surface area contributed by atoms with Gasteiger partial charge >= 0.3 is 0 Å². The molecule has 2 aromatic rings. The highest BCUT2D eigenvalue weighted by atomic mass is 19.1. The maximum Gasteiger partial charge on any atom is 0.126 e. The lowest BCUT2D eigenvalue weighted by Gasteiger charge is -1.97. The summed E-state index contributed by atoms with van der Waals surface area (Å²) in [6.45, 7) is 0. The molecule has 1 N–H and O–H groups in total. The average molecular weight is 232 g/mol. The third-order valence-electron chi connectivity index (χ3n) is 2.22. The molecule has 17 heavy (non-hydrogen) atoms. The molecule has 0 aliphatic rings. The first-order valence-electron chi connectivity index (χ1n) is 5.07. The second-order valence-corrected chi connectivity index (χ2v) is 3.63. The van der Waals surface area contributed by atoms with Crippen LogP contribution < -0.4 is 0 Å². The van der Waals surface area contributed by atoms with E-state index in [1.165, 1.54) is 12.1 Å². The second-order valence-electron chi connectivity index (χ2n) is 3.63. The van der Waals surface area contributed by atoms with Gasteiger partial charge in [0.05, 0.1) is 0 Å². The van der Waals surface area contributed by atoms with Crippen molar-refractivity contribution < 1.29 is 13.9 Å². The van der Waals surface area contributed by atoms with Crippen LogP contribution in [0.4, 0.5) is 8.78 Å². The van der Waals surface area contributed by atoms with Gasteiger partial charge < -0.3 is 5.11 Å². The number of hydrogen-bond acceptors (Lipinski definition) is 1. The maximum atomic E-state index is 12.9. The predicted octanol–water partition coefficient (Wildman–Crippen LogP) is 3.84. The summed E-state index contributed by atoms with van der Waals surface area (Å²) in [7, 11) is 0. The Morgan fingerprint density at radius 1 is 0.824 bits per heavy atom. The van der Waals surface area contributed by atoms with Crippen molar-refractivity contribution >= 4 is 12.2 Å². The molecule has 0 fully saturated rings. The van der Waals surface area contributed by atoms with E-state index >= 15 is 0 Å². The smallest absolute Gasteiger partial charge is 0.126 e. The fourth-order valence-corrected chi connectivity index (χ4v) is 1.49. The maximum absolute atomic E-state index is 12.9. The number of aromatic hydroxyl groups is 1. The zero-order valence-electron chi connectivity index (χ0n) is 8.90. The van der Waals surface area contributed by atoms with E-state index in [9.17, 15) is 13.9 Å². The Hall–Kier alpha value is -2.16. The van der Waals surface area contributed by atoms with Gasteiger partial charge in [0, 0.05) is 6.07 Å². The summed E-state index contributed by atoms with van der Waals surface area (Å²) in [5.74, 6) is -1.07. The van der Waals surface area contributed by atoms with Gasteiger partial charge in [-0.05, 0) is 35.4 Å². The van der Waals surface area contributed by atoms with E-state index < -0.39 is 11.6 Å². The number of phenols is 1. The standard InChI is InChI=1S/C14H10F2O/c15-12-6-11(7-13(16)9-12)5-4-10-2-1-3-14(17)8-10/h1-9,17H/b5-4+. The first kappa shape index (κ1) is 11.3. The number of phenolic OH excluding ortho intramolecular Hbond substituents is 1. The first-order valence-corrected chi connectivity index (χ1v) is 5.07. The molecule has 0 heterocycles. The van der Waals surface area contributed by atoms with Crippen LogP contribution in [0.3, 0.4) is 0 Å². The molecule has 0 radical (unpaired) electrons. The highest BCUT2D eigenvalue weighted by molar-refractivity contribution is 5.70. The highest BCUT2D eigenvalue weighted by Gasteiger charge is 1.97. The molecule has 0 amide bonds. The Bertz CT molecular complexity index is 542. The Morgan fingerprint density at radius 3 is 2.12 bits per heavy atom. The van der Waals surface area contributed by atoms with E-state index in [1.54, 1.807) is 36.4 Å². The summed E-state index contributed by atoms with van der Waals surface area (Å²) < 4.78 is 25.8. The SMILES string of the molecule is Oc1cccc(/C=C/c2cc(F)cc(F)c2)c1. The van der Waals surface area contributed by atoms with Crippen LogP contribution in [0, 0.1) is 11.6 Å². The normalized spacial score (nSPS) is 10.9. The van der Waals surface area contributed by atoms with Crippen molar-refractivity contribution in [1.82, 2.24) is 0 Å². The van der Waals surface area contributed by atoms with Gasteiger partial charge in [0.25, 0.3) is 0 Å². The molecule has 0 aliphatic carbocycles. The molecule has 0 aromatic heterocycles. The number of halogens is 2. The fraction of sp³-hybridized carbons (Fsp3) is 0. The highest BCUT2D eigenvalue weighted by Crippen LogP contribution is 2.15. The summed E-state index contributed by atoms with van der Waals surface area (Å²) in [6.07, 6.45) is 3.26. The van der Waals surface area contributed by atoms with E-state index in [0.29, 0.717) is 5.56 Å². The molecule has 0 spiro atoms. The van der Waals surface area contributed by atoms with Crippen LogP contribution in [-0.2, 0) is 0 Å². The van der Waals surface area contributed by atoms with Crippen molar-refractivity contribution in [1.29, 1.82) is 0 Å². The van der Waals surface area contributed by atoms with Crippen molar-refractivity contribution in [3.63, 3.8) is 0 Å². The Labute approximate surface area is 97.7 Å². The Balaban J connectivity index is 2.25. The number of hydrogen-bond donors (Lipinski definition) is 1. The molecule has 0 atom stereocenters. The topological polar surface area (TPSA) is 20.2 Å². The van der Waals surface area contributed by atoms with Gasteiger partial charge in [-0.2, -0.15) is 0 Å². The Kier molecular flexibility index (Phi) is 3.19. The third kappa shape index (κ3) is 3.14. The minimum atomic E-state index is -0.611. The molecular formula is C14H10F2O. The van der Waals surface area contributed by atoms with Crippen LogP contribution in [0.15, 0.2) is 42.5 Å². The molecule has 0 saturated carbocycles. The molecule has 0 aliphatic heterocycles. The zero-order valence-corrected chi connectivity index (χ0v) is 8.90. The molecule has 86 valence electrons. The molecule has 0 unspecified atom stereocenters. The van der Waals surface area contributed by atoms with Gasteiger partial charge in [0.2, 0.25) is 0 Å². The second kappa shape index (κ2) is 4.78. The van der Waals surface area contributed by atoms with Crippen LogP contribution in [0.25, 0.3) is 12.2 Å². The van der Waals surface area contributed by atoms with E-state index in [4.69, 9.17) is 0 Å². The van der Waals surface area contributed by atoms with Crippen LogP contribution in [0.1, 0.15) is 11.1 Å². The molecule has 1 nitrogen and oxygen atoms in total. The Morgan fingerprint density at radius 2 is 1.47 bits per heavy atom. The van der Waals surface area contributed by atoms with E-state index in [1.807, 2.05) is 0 Å². The quantitative estimate of drug-likeness (QED) is 0.780. The molecule has 3 heteroatoms. The summed E-state index contributed by atoms with van der Waals surface area (Å²) in [4.78, 5) is 0. The van der Waals surface area contributed by atoms with Crippen LogP contribution in [0.5, 0.6) is 5.75 Å². The van der Waals surface area contributed by atoms with E-state index in [2.05, 4.69) is 0 Å². The molecule has 0 saturated heterocycles. The van der Waals surface area contributed by atoms with Gasteiger partial charge in [-0.25, -0.2) is 8.78 Å². The van der Waals surface area contributed by atoms with Gasteiger partial charge in [-0.3, -0.25) is 0 Å². The van der Waals surface area contributed by atoms with Gasteiger partial charge in [0.15, 0.2) is 0 Å². The van der Waals surface area contributed by atoms with Crippen molar-refractivity contribution in [3.05, 3.63) is 65.2 Å².